The number of nitrogens with two attached hydrogens (primary N) is 1. The van der Waals surface area contributed by atoms with Crippen LogP contribution in [-0.2, 0) is 0 Å². The van der Waals surface area contributed by atoms with Gasteiger partial charge in [0.05, 0.1) is 11.9 Å². The maximum absolute atomic E-state index is 12.2. The van der Waals surface area contributed by atoms with Gasteiger partial charge in [-0.15, -0.1) is 0 Å². The van der Waals surface area contributed by atoms with Crippen LogP contribution in [0.2, 0.25) is 0 Å². The van der Waals surface area contributed by atoms with Crippen molar-refractivity contribution in [2.45, 2.75) is 25.8 Å². The molecule has 1 fully saturated rings. The summed E-state index contributed by atoms with van der Waals surface area (Å²) in [5, 5.41) is 6.44. The summed E-state index contributed by atoms with van der Waals surface area (Å²) in [6.07, 6.45) is 3.84. The number of nitrogens with one attached hydrogen (secondary N) is 1. The number of anilines is 1. The fourth-order valence-electron chi connectivity index (χ4n) is 2.57. The zero-order chi connectivity index (χ0) is 13.1. The highest BCUT2D eigenvalue weighted by atomic mass is 16.2. The second kappa shape index (κ2) is 5.39. The van der Waals surface area contributed by atoms with Crippen LogP contribution in [0, 0.1) is 0 Å². The molecule has 0 aliphatic carbocycles. The Hall–Kier alpha value is -1.56. The Morgan fingerprint density at radius 3 is 3.11 bits per heavy atom. The third kappa shape index (κ3) is 2.48. The molecule has 2 heterocycles. The molecular formula is C12H21N5O. The second-order valence-corrected chi connectivity index (χ2v) is 4.81. The summed E-state index contributed by atoms with van der Waals surface area (Å²) in [7, 11) is 1.81. The average molecular weight is 251 g/mol. The summed E-state index contributed by atoms with van der Waals surface area (Å²) in [5.74, 6) is -0.0899. The van der Waals surface area contributed by atoms with E-state index in [1.54, 1.807) is 4.90 Å². The normalized spacial score (nSPS) is 20.2. The Morgan fingerprint density at radius 2 is 2.50 bits per heavy atom. The Bertz CT molecular complexity index is 416. The van der Waals surface area contributed by atoms with Crippen LogP contribution < -0.4 is 5.73 Å². The molecule has 1 saturated heterocycles. The minimum absolute atomic E-state index is 0.0899. The van der Waals surface area contributed by atoms with Gasteiger partial charge in [-0.25, -0.2) is 0 Å². The van der Waals surface area contributed by atoms with Crippen LogP contribution in [0.5, 0.6) is 0 Å². The highest BCUT2D eigenvalue weighted by molar-refractivity contribution is 5.96. The van der Waals surface area contributed by atoms with Crippen molar-refractivity contribution in [1.82, 2.24) is 20.0 Å². The van der Waals surface area contributed by atoms with Crippen molar-refractivity contribution in [2.24, 2.45) is 0 Å². The predicted octanol–water partition coefficient (Wildman–Crippen LogP) is 0.548. The summed E-state index contributed by atoms with van der Waals surface area (Å²) in [6, 6.07) is 0.466. The monoisotopic (exact) mass is 251 g/mol. The van der Waals surface area contributed by atoms with Gasteiger partial charge in [0.1, 0.15) is 5.69 Å². The number of aromatic nitrogens is 2. The summed E-state index contributed by atoms with van der Waals surface area (Å²) < 4.78 is 0. The summed E-state index contributed by atoms with van der Waals surface area (Å²) >= 11 is 0. The molecular weight excluding hydrogens is 230 g/mol. The van der Waals surface area contributed by atoms with E-state index in [4.69, 9.17) is 5.73 Å². The van der Waals surface area contributed by atoms with E-state index in [1.165, 1.54) is 12.6 Å². The van der Waals surface area contributed by atoms with Gasteiger partial charge in [-0.1, -0.05) is 6.92 Å². The number of nitrogen functional groups attached to an aromatic ring is 1. The number of aromatic amines is 1. The fraction of sp³-hybridized carbons (Fsp3) is 0.667. The van der Waals surface area contributed by atoms with Crippen LogP contribution in [0.25, 0.3) is 0 Å². The smallest absolute Gasteiger partial charge is 0.273 e. The topological polar surface area (TPSA) is 78.2 Å². The van der Waals surface area contributed by atoms with E-state index < -0.39 is 0 Å². The highest BCUT2D eigenvalue weighted by Crippen LogP contribution is 2.18. The lowest BCUT2D eigenvalue weighted by Crippen LogP contribution is -2.41. The SMILES string of the molecule is CCN1CCCC1CN(C)C(=O)c1[nH]ncc1N. The van der Waals surface area contributed by atoms with E-state index in [2.05, 4.69) is 22.0 Å². The molecule has 6 heteroatoms. The van der Waals surface area contributed by atoms with Gasteiger partial charge in [0.15, 0.2) is 0 Å². The number of rotatable bonds is 4. The molecule has 1 aliphatic rings. The van der Waals surface area contributed by atoms with Crippen molar-refractivity contribution in [3.63, 3.8) is 0 Å². The molecule has 0 bridgehead atoms. The molecule has 1 amide bonds. The third-order valence-electron chi connectivity index (χ3n) is 3.62. The molecule has 2 rings (SSSR count). The van der Waals surface area contributed by atoms with Crippen molar-refractivity contribution in [3.05, 3.63) is 11.9 Å². The number of hydrogen-bond acceptors (Lipinski definition) is 4. The number of amides is 1. The zero-order valence-corrected chi connectivity index (χ0v) is 11.0. The first-order valence-electron chi connectivity index (χ1n) is 6.41. The van der Waals surface area contributed by atoms with Gasteiger partial charge in [0.25, 0.3) is 5.91 Å². The van der Waals surface area contributed by atoms with Crippen molar-refractivity contribution in [3.8, 4) is 0 Å². The van der Waals surface area contributed by atoms with Crippen molar-refractivity contribution in [2.75, 3.05) is 32.4 Å². The molecule has 0 spiro atoms. The number of carbonyl (C=O) groups is 1. The molecule has 0 radical (unpaired) electrons. The molecule has 1 atom stereocenters. The number of carbonyl (C=O) groups excluding carboxylic acids is 1. The molecule has 0 saturated carbocycles. The van der Waals surface area contributed by atoms with E-state index in [-0.39, 0.29) is 5.91 Å². The molecule has 6 nitrogen and oxygen atoms in total. The Labute approximate surface area is 107 Å². The zero-order valence-electron chi connectivity index (χ0n) is 11.0. The Morgan fingerprint density at radius 1 is 1.72 bits per heavy atom. The fourth-order valence-corrected chi connectivity index (χ4v) is 2.57. The first-order valence-corrected chi connectivity index (χ1v) is 6.41. The number of likely N-dealkylation sites (N-methyl/N-ethyl adjacent to an activating group) is 2. The Balaban J connectivity index is 1.98. The van der Waals surface area contributed by atoms with Crippen LogP contribution in [0.3, 0.4) is 0 Å². The summed E-state index contributed by atoms with van der Waals surface area (Å²) in [6.45, 7) is 5.08. The molecule has 3 N–H and O–H groups in total. The quantitative estimate of drug-likeness (QED) is 0.819. The first-order chi connectivity index (χ1) is 8.63. The van der Waals surface area contributed by atoms with Crippen LogP contribution in [0.15, 0.2) is 6.20 Å². The second-order valence-electron chi connectivity index (χ2n) is 4.81. The maximum Gasteiger partial charge on any atom is 0.273 e. The van der Waals surface area contributed by atoms with E-state index in [1.807, 2.05) is 7.05 Å². The highest BCUT2D eigenvalue weighted by Gasteiger charge is 2.26. The van der Waals surface area contributed by atoms with E-state index in [9.17, 15) is 4.79 Å². The van der Waals surface area contributed by atoms with Crippen LogP contribution in [0.4, 0.5) is 5.69 Å². The van der Waals surface area contributed by atoms with Gasteiger partial charge in [-0.05, 0) is 25.9 Å². The lowest BCUT2D eigenvalue weighted by Gasteiger charge is -2.27. The summed E-state index contributed by atoms with van der Waals surface area (Å²) in [4.78, 5) is 16.3. The van der Waals surface area contributed by atoms with Gasteiger partial charge < -0.3 is 10.6 Å². The molecule has 0 aromatic carbocycles. The van der Waals surface area contributed by atoms with Gasteiger partial charge in [0.2, 0.25) is 0 Å². The number of nitrogens with zero attached hydrogens (tertiary/aromatic N) is 3. The van der Waals surface area contributed by atoms with E-state index in [0.29, 0.717) is 17.4 Å². The third-order valence-corrected chi connectivity index (χ3v) is 3.62. The molecule has 1 unspecified atom stereocenters. The molecule has 1 aromatic rings. The van der Waals surface area contributed by atoms with Crippen LogP contribution in [0.1, 0.15) is 30.3 Å². The van der Waals surface area contributed by atoms with Gasteiger partial charge in [-0.3, -0.25) is 14.8 Å². The Kier molecular flexibility index (Phi) is 3.86. The number of hydrogen-bond donors (Lipinski definition) is 2. The summed E-state index contributed by atoms with van der Waals surface area (Å²) in [5.41, 5.74) is 6.48. The minimum atomic E-state index is -0.0899. The van der Waals surface area contributed by atoms with Crippen molar-refractivity contribution in [1.29, 1.82) is 0 Å². The predicted molar refractivity (Wildman–Crippen MR) is 70.2 cm³/mol. The maximum atomic E-state index is 12.2. The van der Waals surface area contributed by atoms with Crippen molar-refractivity contribution >= 4 is 11.6 Å². The largest absolute Gasteiger partial charge is 0.396 e. The lowest BCUT2D eigenvalue weighted by atomic mass is 10.2. The number of likely N-dealkylation sites (tertiary alicyclic amines) is 1. The van der Waals surface area contributed by atoms with Gasteiger partial charge in [0, 0.05) is 19.6 Å². The molecule has 18 heavy (non-hydrogen) atoms. The van der Waals surface area contributed by atoms with Gasteiger partial charge >= 0.3 is 0 Å². The average Bonchev–Trinajstić information content (AvgIpc) is 2.96. The first kappa shape index (κ1) is 12.9. The lowest BCUT2D eigenvalue weighted by molar-refractivity contribution is 0.0750. The van der Waals surface area contributed by atoms with Crippen molar-refractivity contribution < 1.29 is 4.79 Å². The standard InChI is InChI=1S/C12H21N5O/c1-3-17-6-4-5-9(17)8-16(2)12(18)11-10(13)7-14-15-11/h7,9H,3-6,8,13H2,1-2H3,(H,14,15). The van der Waals surface area contributed by atoms with Crippen LogP contribution >= 0.6 is 0 Å². The molecule has 1 aliphatic heterocycles. The van der Waals surface area contributed by atoms with E-state index in [0.717, 1.165) is 26.1 Å². The van der Waals surface area contributed by atoms with E-state index >= 15 is 0 Å². The minimum Gasteiger partial charge on any atom is -0.396 e. The number of H-pyrrole nitrogens is 1. The van der Waals surface area contributed by atoms with Crippen LogP contribution in [-0.4, -0.2) is 58.6 Å². The van der Waals surface area contributed by atoms with Gasteiger partial charge in [-0.2, -0.15) is 5.10 Å². The molecule has 1 aromatic heterocycles. The molecule has 100 valence electrons.